The van der Waals surface area contributed by atoms with Crippen LogP contribution in [0.5, 0.6) is 0 Å². The summed E-state index contributed by atoms with van der Waals surface area (Å²) in [5, 5.41) is 9.83. The number of carboxylic acids is 1. The minimum absolute atomic E-state index is 0.113. The second-order valence-corrected chi connectivity index (χ2v) is 4.25. The first-order valence-electron chi connectivity index (χ1n) is 5.81. The quantitative estimate of drug-likeness (QED) is 0.765. The van der Waals surface area contributed by atoms with Crippen molar-refractivity contribution in [1.29, 1.82) is 0 Å². The third kappa shape index (κ3) is 1.82. The highest BCUT2D eigenvalue weighted by Gasteiger charge is 2.06. The molecule has 0 saturated carbocycles. The first-order valence-corrected chi connectivity index (χ1v) is 5.81. The zero-order valence-corrected chi connectivity index (χ0v) is 9.71. The zero-order valence-electron chi connectivity index (χ0n) is 9.71. The Balaban J connectivity index is 2.11. The Morgan fingerprint density at radius 3 is 2.89 bits per heavy atom. The summed E-state index contributed by atoms with van der Waals surface area (Å²) in [6, 6.07) is 12.0. The van der Waals surface area contributed by atoms with Gasteiger partial charge in [0.05, 0.1) is 17.6 Å². The number of rotatable bonds is 3. The molecule has 0 atom stereocenters. The standard InChI is InChI=1S/C14H12N2O2/c17-14(18)8-6-11-9-16-12-4-2-1-3-10(12)5-7-13(16)15-11/h1-5,7,9H,6,8H2,(H,17,18). The molecule has 3 aromatic rings. The third-order valence-electron chi connectivity index (χ3n) is 2.99. The first-order chi connectivity index (χ1) is 8.74. The van der Waals surface area contributed by atoms with E-state index in [2.05, 4.69) is 4.98 Å². The van der Waals surface area contributed by atoms with Crippen LogP contribution in [0.2, 0.25) is 0 Å². The van der Waals surface area contributed by atoms with Crippen molar-refractivity contribution in [1.82, 2.24) is 9.38 Å². The molecule has 0 amide bonds. The molecule has 0 fully saturated rings. The molecule has 0 saturated heterocycles. The van der Waals surface area contributed by atoms with E-state index in [9.17, 15) is 4.79 Å². The minimum atomic E-state index is -0.795. The number of para-hydroxylation sites is 1. The van der Waals surface area contributed by atoms with Gasteiger partial charge in [-0.3, -0.25) is 9.20 Å². The number of carboxylic acid groups (broad SMARTS) is 1. The third-order valence-corrected chi connectivity index (χ3v) is 2.99. The van der Waals surface area contributed by atoms with Gasteiger partial charge in [0.1, 0.15) is 5.65 Å². The molecule has 2 heterocycles. The fraction of sp³-hybridized carbons (Fsp3) is 0.143. The van der Waals surface area contributed by atoms with E-state index in [0.717, 1.165) is 22.2 Å². The number of fused-ring (bicyclic) bond motifs is 3. The largest absolute Gasteiger partial charge is 0.481 e. The van der Waals surface area contributed by atoms with Crippen LogP contribution in [0.25, 0.3) is 16.6 Å². The average Bonchev–Trinajstić information content (AvgIpc) is 2.79. The van der Waals surface area contributed by atoms with Crippen LogP contribution >= 0.6 is 0 Å². The van der Waals surface area contributed by atoms with Crippen molar-refractivity contribution >= 4 is 22.5 Å². The van der Waals surface area contributed by atoms with Gasteiger partial charge >= 0.3 is 5.97 Å². The van der Waals surface area contributed by atoms with Gasteiger partial charge in [-0.2, -0.15) is 0 Å². The maximum Gasteiger partial charge on any atom is 0.303 e. The van der Waals surface area contributed by atoms with Crippen molar-refractivity contribution < 1.29 is 9.90 Å². The second-order valence-electron chi connectivity index (χ2n) is 4.25. The van der Waals surface area contributed by atoms with Crippen LogP contribution < -0.4 is 0 Å². The Morgan fingerprint density at radius 1 is 1.22 bits per heavy atom. The molecule has 3 rings (SSSR count). The molecule has 0 aliphatic carbocycles. The summed E-state index contributed by atoms with van der Waals surface area (Å²) in [7, 11) is 0. The Kier molecular flexibility index (Phi) is 2.48. The summed E-state index contributed by atoms with van der Waals surface area (Å²) in [5.41, 5.74) is 2.76. The van der Waals surface area contributed by atoms with Crippen molar-refractivity contribution in [3.8, 4) is 0 Å². The molecule has 1 aromatic carbocycles. The molecule has 2 aromatic heterocycles. The zero-order chi connectivity index (χ0) is 12.5. The molecule has 0 radical (unpaired) electrons. The van der Waals surface area contributed by atoms with E-state index in [1.807, 2.05) is 47.0 Å². The number of imidazole rings is 1. The van der Waals surface area contributed by atoms with E-state index in [1.165, 1.54) is 0 Å². The lowest BCUT2D eigenvalue weighted by Crippen LogP contribution is -1.97. The smallest absolute Gasteiger partial charge is 0.303 e. The predicted molar refractivity (Wildman–Crippen MR) is 68.7 cm³/mol. The number of benzene rings is 1. The lowest BCUT2D eigenvalue weighted by molar-refractivity contribution is -0.136. The van der Waals surface area contributed by atoms with Crippen molar-refractivity contribution in [2.75, 3.05) is 0 Å². The highest BCUT2D eigenvalue weighted by Crippen LogP contribution is 2.17. The SMILES string of the molecule is O=C(O)CCc1cn2c(ccc3ccccc32)n1. The summed E-state index contributed by atoms with van der Waals surface area (Å²) in [5.74, 6) is -0.795. The molecule has 0 unspecified atom stereocenters. The van der Waals surface area contributed by atoms with Gasteiger partial charge in [-0.1, -0.05) is 18.2 Å². The van der Waals surface area contributed by atoms with Crippen LogP contribution in [0.1, 0.15) is 12.1 Å². The lowest BCUT2D eigenvalue weighted by Gasteiger charge is -2.00. The molecule has 1 N–H and O–H groups in total. The minimum Gasteiger partial charge on any atom is -0.481 e. The molecule has 0 bridgehead atoms. The van der Waals surface area contributed by atoms with Crippen molar-refractivity contribution in [3.63, 3.8) is 0 Å². The van der Waals surface area contributed by atoms with E-state index in [1.54, 1.807) is 0 Å². The van der Waals surface area contributed by atoms with Crippen LogP contribution in [0.4, 0.5) is 0 Å². The molecule has 4 nitrogen and oxygen atoms in total. The van der Waals surface area contributed by atoms with E-state index >= 15 is 0 Å². The number of hydrogen-bond donors (Lipinski definition) is 1. The molecule has 0 aliphatic rings. The maximum atomic E-state index is 10.6. The molecule has 0 aliphatic heterocycles. The first kappa shape index (κ1) is 10.8. The van der Waals surface area contributed by atoms with Crippen LogP contribution in [-0.2, 0) is 11.2 Å². The van der Waals surface area contributed by atoms with Gasteiger partial charge in [-0.15, -0.1) is 0 Å². The van der Waals surface area contributed by atoms with Gasteiger partial charge < -0.3 is 5.11 Å². The highest BCUT2D eigenvalue weighted by atomic mass is 16.4. The van der Waals surface area contributed by atoms with Crippen LogP contribution in [-0.4, -0.2) is 20.5 Å². The summed E-state index contributed by atoms with van der Waals surface area (Å²) < 4.78 is 2.01. The fourth-order valence-electron chi connectivity index (χ4n) is 2.12. The number of aliphatic carboxylic acids is 1. The van der Waals surface area contributed by atoms with Gasteiger partial charge in [-0.05, 0) is 23.6 Å². The summed E-state index contributed by atoms with van der Waals surface area (Å²) in [4.78, 5) is 15.0. The van der Waals surface area contributed by atoms with Gasteiger partial charge in [0.25, 0.3) is 0 Å². The van der Waals surface area contributed by atoms with Gasteiger partial charge in [-0.25, -0.2) is 4.98 Å². The monoisotopic (exact) mass is 240 g/mol. The fourth-order valence-corrected chi connectivity index (χ4v) is 2.12. The summed E-state index contributed by atoms with van der Waals surface area (Å²) in [6.07, 6.45) is 2.49. The number of pyridine rings is 1. The Labute approximate surface area is 104 Å². The van der Waals surface area contributed by atoms with Crippen molar-refractivity contribution in [2.45, 2.75) is 12.8 Å². The van der Waals surface area contributed by atoms with Crippen LogP contribution in [0.3, 0.4) is 0 Å². The summed E-state index contributed by atoms with van der Waals surface area (Å²) in [6.45, 7) is 0. The molecule has 4 heteroatoms. The number of aryl methyl sites for hydroxylation is 1. The van der Waals surface area contributed by atoms with Gasteiger partial charge in [0.2, 0.25) is 0 Å². The van der Waals surface area contributed by atoms with E-state index in [0.29, 0.717) is 6.42 Å². The number of hydrogen-bond acceptors (Lipinski definition) is 2. The van der Waals surface area contributed by atoms with Crippen molar-refractivity contribution in [3.05, 3.63) is 48.3 Å². The normalized spacial score (nSPS) is 11.1. The lowest BCUT2D eigenvalue weighted by atomic mass is 10.2. The molecular weight excluding hydrogens is 228 g/mol. The molecular formula is C14H12N2O2. The van der Waals surface area contributed by atoms with E-state index in [4.69, 9.17) is 5.11 Å². The second kappa shape index (κ2) is 4.14. The van der Waals surface area contributed by atoms with E-state index < -0.39 is 5.97 Å². The number of aromatic nitrogens is 2. The molecule has 18 heavy (non-hydrogen) atoms. The Hall–Kier alpha value is -2.36. The average molecular weight is 240 g/mol. The predicted octanol–water partition coefficient (Wildman–Crippen LogP) is 2.50. The van der Waals surface area contributed by atoms with E-state index in [-0.39, 0.29) is 6.42 Å². The van der Waals surface area contributed by atoms with Gasteiger partial charge in [0.15, 0.2) is 0 Å². The Morgan fingerprint density at radius 2 is 2.06 bits per heavy atom. The maximum absolute atomic E-state index is 10.6. The van der Waals surface area contributed by atoms with Crippen molar-refractivity contribution in [2.24, 2.45) is 0 Å². The Bertz CT molecular complexity index is 731. The van der Waals surface area contributed by atoms with Gasteiger partial charge in [0, 0.05) is 12.6 Å². The summed E-state index contributed by atoms with van der Waals surface area (Å²) >= 11 is 0. The number of carbonyl (C=O) groups is 1. The van der Waals surface area contributed by atoms with Crippen LogP contribution in [0, 0.1) is 0 Å². The molecule has 90 valence electrons. The topological polar surface area (TPSA) is 54.6 Å². The van der Waals surface area contributed by atoms with Crippen LogP contribution in [0.15, 0.2) is 42.6 Å². The molecule has 0 spiro atoms. The number of nitrogens with zero attached hydrogens (tertiary/aromatic N) is 2. The highest BCUT2D eigenvalue weighted by molar-refractivity contribution is 5.81.